The van der Waals surface area contributed by atoms with Gasteiger partial charge in [0.2, 0.25) is 5.88 Å². The molecule has 0 unspecified atom stereocenters. The molecule has 3 heteroatoms. The molecule has 0 bridgehead atoms. The summed E-state index contributed by atoms with van der Waals surface area (Å²) in [5.74, 6) is 1.39. The molecule has 1 aromatic carbocycles. The molecule has 0 aliphatic heterocycles. The summed E-state index contributed by atoms with van der Waals surface area (Å²) in [6, 6.07) is 12.3. The van der Waals surface area contributed by atoms with Crippen LogP contribution < -0.4 is 9.47 Å². The van der Waals surface area contributed by atoms with Crippen LogP contribution in [0.3, 0.4) is 0 Å². The molecule has 3 nitrogen and oxygen atoms in total. The Kier molecular flexibility index (Phi) is 3.05. The van der Waals surface area contributed by atoms with E-state index in [4.69, 9.17) is 9.47 Å². The van der Waals surface area contributed by atoms with E-state index in [9.17, 15) is 0 Å². The van der Waals surface area contributed by atoms with Gasteiger partial charge in [-0.2, -0.15) is 0 Å². The molecular weight excluding hydrogens is 202 g/mol. The smallest absolute Gasteiger partial charge is 0.212 e. The Balaban J connectivity index is 2.42. The van der Waals surface area contributed by atoms with Gasteiger partial charge >= 0.3 is 0 Å². The van der Waals surface area contributed by atoms with Gasteiger partial charge in [-0.1, -0.05) is 6.07 Å². The highest BCUT2D eigenvalue weighted by molar-refractivity contribution is 5.69. The molecule has 0 aliphatic carbocycles. The molecule has 16 heavy (non-hydrogen) atoms. The van der Waals surface area contributed by atoms with Gasteiger partial charge in [-0.25, -0.2) is 4.98 Å². The third-order valence-corrected chi connectivity index (χ3v) is 2.30. The molecule has 1 radical (unpaired) electrons. The Hall–Kier alpha value is -2.03. The van der Waals surface area contributed by atoms with Crippen molar-refractivity contribution in [2.75, 3.05) is 14.2 Å². The molecule has 1 heterocycles. The van der Waals surface area contributed by atoms with Crippen LogP contribution in [0.25, 0.3) is 11.1 Å². The Morgan fingerprint density at radius 2 is 2.00 bits per heavy atom. The molecule has 0 N–H and O–H groups in total. The second kappa shape index (κ2) is 4.66. The van der Waals surface area contributed by atoms with Crippen LogP contribution in [-0.4, -0.2) is 19.2 Å². The van der Waals surface area contributed by atoms with E-state index >= 15 is 0 Å². The van der Waals surface area contributed by atoms with Crippen LogP contribution in [0, 0.1) is 6.07 Å². The molecule has 0 saturated heterocycles. The first-order chi connectivity index (χ1) is 7.85. The third-order valence-electron chi connectivity index (χ3n) is 2.30. The summed E-state index contributed by atoms with van der Waals surface area (Å²) < 4.78 is 10.3. The lowest BCUT2D eigenvalue weighted by molar-refractivity contribution is 0.398. The van der Waals surface area contributed by atoms with E-state index < -0.39 is 0 Å². The van der Waals surface area contributed by atoms with Gasteiger partial charge in [0.1, 0.15) is 5.75 Å². The Morgan fingerprint density at radius 1 is 1.12 bits per heavy atom. The minimum Gasteiger partial charge on any atom is -0.496 e. The average Bonchev–Trinajstić information content (AvgIpc) is 2.39. The summed E-state index contributed by atoms with van der Waals surface area (Å²) in [5, 5.41) is 0. The fourth-order valence-corrected chi connectivity index (χ4v) is 1.48. The highest BCUT2D eigenvalue weighted by Crippen LogP contribution is 2.29. The maximum Gasteiger partial charge on any atom is 0.212 e. The third kappa shape index (κ3) is 1.98. The fraction of sp³-hybridized carbons (Fsp3) is 0.154. The Morgan fingerprint density at radius 3 is 2.62 bits per heavy atom. The van der Waals surface area contributed by atoms with Crippen LogP contribution in [0.15, 0.2) is 36.5 Å². The molecule has 0 aliphatic rings. The van der Waals surface area contributed by atoms with Crippen molar-refractivity contribution >= 4 is 0 Å². The first-order valence-corrected chi connectivity index (χ1v) is 4.89. The van der Waals surface area contributed by atoms with Gasteiger partial charge in [-0.15, -0.1) is 0 Å². The number of pyridine rings is 1. The summed E-state index contributed by atoms with van der Waals surface area (Å²) in [6.45, 7) is 0. The highest BCUT2D eigenvalue weighted by atomic mass is 16.5. The predicted molar refractivity (Wildman–Crippen MR) is 61.6 cm³/mol. The summed E-state index contributed by atoms with van der Waals surface area (Å²) in [7, 11) is 3.24. The van der Waals surface area contributed by atoms with Crippen LogP contribution in [0.2, 0.25) is 0 Å². The molecule has 81 valence electrons. The summed E-state index contributed by atoms with van der Waals surface area (Å²) in [4.78, 5) is 4.16. The van der Waals surface area contributed by atoms with E-state index in [2.05, 4.69) is 11.1 Å². The maximum atomic E-state index is 5.27. The number of rotatable bonds is 3. The van der Waals surface area contributed by atoms with Gasteiger partial charge in [0.25, 0.3) is 0 Å². The topological polar surface area (TPSA) is 31.4 Å². The second-order valence-electron chi connectivity index (χ2n) is 3.22. The van der Waals surface area contributed by atoms with Crippen LogP contribution in [0.4, 0.5) is 0 Å². The van der Waals surface area contributed by atoms with Crippen LogP contribution >= 0.6 is 0 Å². The number of aromatic nitrogens is 1. The quantitative estimate of drug-likeness (QED) is 0.786. The van der Waals surface area contributed by atoms with Crippen molar-refractivity contribution in [3.05, 3.63) is 42.6 Å². The SMILES string of the molecule is COc1ccc(-c2cc[c]cc2OC)cn1. The van der Waals surface area contributed by atoms with Gasteiger partial charge in [0.15, 0.2) is 0 Å². The molecule has 0 amide bonds. The van der Waals surface area contributed by atoms with Crippen LogP contribution in [0.1, 0.15) is 0 Å². The van der Waals surface area contributed by atoms with Crippen molar-refractivity contribution in [3.8, 4) is 22.8 Å². The molecule has 1 aromatic heterocycles. The van der Waals surface area contributed by atoms with E-state index in [1.54, 1.807) is 26.5 Å². The minimum atomic E-state index is 0.602. The zero-order valence-corrected chi connectivity index (χ0v) is 9.23. The molecule has 2 rings (SSSR count). The van der Waals surface area contributed by atoms with E-state index in [1.807, 2.05) is 24.3 Å². The van der Waals surface area contributed by atoms with Gasteiger partial charge < -0.3 is 9.47 Å². The van der Waals surface area contributed by atoms with E-state index in [1.165, 1.54) is 0 Å². The largest absolute Gasteiger partial charge is 0.496 e. The number of hydrogen-bond donors (Lipinski definition) is 0. The average molecular weight is 214 g/mol. The van der Waals surface area contributed by atoms with E-state index in [0.29, 0.717) is 5.88 Å². The predicted octanol–water partition coefficient (Wildman–Crippen LogP) is 2.57. The van der Waals surface area contributed by atoms with E-state index in [0.717, 1.165) is 16.9 Å². The number of benzene rings is 1. The van der Waals surface area contributed by atoms with Gasteiger partial charge in [0.05, 0.1) is 14.2 Å². The first kappa shape index (κ1) is 10.5. The summed E-state index contributed by atoms with van der Waals surface area (Å²) in [6.07, 6.45) is 1.76. The number of ether oxygens (including phenoxy) is 2. The fourth-order valence-electron chi connectivity index (χ4n) is 1.48. The normalized spacial score (nSPS) is 9.88. The molecule has 2 aromatic rings. The summed E-state index contributed by atoms with van der Waals surface area (Å²) in [5.41, 5.74) is 1.99. The number of methoxy groups -OCH3 is 2. The molecule has 0 fully saturated rings. The number of nitrogens with zero attached hydrogens (tertiary/aromatic N) is 1. The monoisotopic (exact) mass is 214 g/mol. The maximum absolute atomic E-state index is 5.27. The van der Waals surface area contributed by atoms with Gasteiger partial charge in [-0.05, 0) is 24.3 Å². The zero-order valence-electron chi connectivity index (χ0n) is 9.23. The summed E-state index contributed by atoms with van der Waals surface area (Å²) >= 11 is 0. The molecule has 0 saturated carbocycles. The lowest BCUT2D eigenvalue weighted by Gasteiger charge is -2.07. The lowest BCUT2D eigenvalue weighted by Crippen LogP contribution is -1.90. The lowest BCUT2D eigenvalue weighted by atomic mass is 10.1. The molecular formula is C13H12NO2. The second-order valence-corrected chi connectivity index (χ2v) is 3.22. The number of hydrogen-bond acceptors (Lipinski definition) is 3. The zero-order chi connectivity index (χ0) is 11.4. The van der Waals surface area contributed by atoms with Crippen LogP contribution in [0.5, 0.6) is 11.6 Å². The van der Waals surface area contributed by atoms with Crippen molar-refractivity contribution in [1.82, 2.24) is 4.98 Å². The van der Waals surface area contributed by atoms with Crippen molar-refractivity contribution in [2.45, 2.75) is 0 Å². The molecule has 0 spiro atoms. The Bertz CT molecular complexity index is 466. The van der Waals surface area contributed by atoms with Crippen molar-refractivity contribution in [2.24, 2.45) is 0 Å². The van der Waals surface area contributed by atoms with Crippen molar-refractivity contribution < 1.29 is 9.47 Å². The van der Waals surface area contributed by atoms with Gasteiger partial charge in [0, 0.05) is 23.4 Å². The molecule has 0 atom stereocenters. The van der Waals surface area contributed by atoms with Crippen molar-refractivity contribution in [1.29, 1.82) is 0 Å². The standard InChI is InChI=1S/C13H12NO2/c1-15-12-6-4-3-5-11(12)10-7-8-13(16-2)14-9-10/h3,5-9H,1-2H3. The highest BCUT2D eigenvalue weighted by Gasteiger charge is 2.05. The van der Waals surface area contributed by atoms with Crippen LogP contribution in [-0.2, 0) is 0 Å². The first-order valence-electron chi connectivity index (χ1n) is 4.89. The van der Waals surface area contributed by atoms with Crippen molar-refractivity contribution in [3.63, 3.8) is 0 Å². The Labute approximate surface area is 94.7 Å². The minimum absolute atomic E-state index is 0.602. The van der Waals surface area contributed by atoms with Gasteiger partial charge in [-0.3, -0.25) is 0 Å². The van der Waals surface area contributed by atoms with E-state index in [-0.39, 0.29) is 0 Å².